The number of hydrogen-bond acceptors (Lipinski definition) is 4. The van der Waals surface area contributed by atoms with E-state index in [1.165, 1.54) is 10.8 Å². The Morgan fingerprint density at radius 3 is 2.94 bits per heavy atom. The first-order valence-corrected chi connectivity index (χ1v) is 6.05. The Hall–Kier alpha value is -1.81. The van der Waals surface area contributed by atoms with E-state index in [1.54, 1.807) is 6.92 Å². The molecular formula is C11H13BrN4O2. The maximum Gasteiger partial charge on any atom is 0.265 e. The first-order chi connectivity index (χ1) is 8.47. The van der Waals surface area contributed by atoms with Crippen molar-refractivity contribution in [1.29, 1.82) is 5.26 Å². The summed E-state index contributed by atoms with van der Waals surface area (Å²) >= 11 is 3.15. The molecule has 1 heterocycles. The molecule has 0 aliphatic heterocycles. The molecule has 0 aromatic carbocycles. The van der Waals surface area contributed by atoms with Gasteiger partial charge in [-0.2, -0.15) is 5.26 Å². The number of nitrogens with zero attached hydrogens (tertiary/aromatic N) is 2. The summed E-state index contributed by atoms with van der Waals surface area (Å²) in [7, 11) is 0. The van der Waals surface area contributed by atoms with Gasteiger partial charge < -0.3 is 15.6 Å². The number of amides is 1. The summed E-state index contributed by atoms with van der Waals surface area (Å²) in [6, 6.07) is 1.91. The van der Waals surface area contributed by atoms with Crippen molar-refractivity contribution >= 4 is 27.5 Å². The van der Waals surface area contributed by atoms with Crippen LogP contribution in [0.25, 0.3) is 0 Å². The van der Waals surface area contributed by atoms with Gasteiger partial charge in [-0.3, -0.25) is 9.59 Å². The molecule has 0 radical (unpaired) electrons. The third-order valence-electron chi connectivity index (χ3n) is 2.38. The lowest BCUT2D eigenvalue weighted by molar-refractivity contribution is -0.121. The van der Waals surface area contributed by atoms with Crippen molar-refractivity contribution in [3.63, 3.8) is 0 Å². The van der Waals surface area contributed by atoms with Crippen molar-refractivity contribution in [2.24, 2.45) is 0 Å². The second-order valence-corrected chi connectivity index (χ2v) is 4.51. The summed E-state index contributed by atoms with van der Waals surface area (Å²) in [5, 5.41) is 10.9. The SMILES string of the molecule is Cc1c(N)cn(CC(=O)NCCC#N)c(=O)c1Br. The van der Waals surface area contributed by atoms with Gasteiger partial charge in [0, 0.05) is 12.7 Å². The minimum absolute atomic E-state index is 0.118. The largest absolute Gasteiger partial charge is 0.397 e. The first-order valence-electron chi connectivity index (χ1n) is 5.26. The number of nitrogen functional groups attached to an aromatic ring is 1. The Labute approximate surface area is 113 Å². The molecule has 0 spiro atoms. The van der Waals surface area contributed by atoms with Crippen LogP contribution in [0.2, 0.25) is 0 Å². The van der Waals surface area contributed by atoms with Crippen LogP contribution >= 0.6 is 15.9 Å². The molecule has 0 saturated heterocycles. The van der Waals surface area contributed by atoms with Gasteiger partial charge in [-0.25, -0.2) is 0 Å². The fourth-order valence-corrected chi connectivity index (χ4v) is 1.78. The second kappa shape index (κ2) is 6.21. The summed E-state index contributed by atoms with van der Waals surface area (Å²) < 4.78 is 1.58. The minimum Gasteiger partial charge on any atom is -0.397 e. The van der Waals surface area contributed by atoms with Crippen LogP contribution in [-0.4, -0.2) is 17.0 Å². The summed E-state index contributed by atoms with van der Waals surface area (Å²) in [4.78, 5) is 23.3. The minimum atomic E-state index is -0.331. The number of nitriles is 1. The standard InChI is InChI=1S/C11H13BrN4O2/c1-7-8(14)5-16(11(18)10(7)12)6-9(17)15-4-2-3-13/h5H,2,4,6,14H2,1H3,(H,15,17). The molecule has 0 fully saturated rings. The molecule has 7 heteroatoms. The summed E-state index contributed by atoms with van der Waals surface area (Å²) in [5.74, 6) is -0.331. The first kappa shape index (κ1) is 14.3. The van der Waals surface area contributed by atoms with E-state index in [0.29, 0.717) is 15.7 Å². The van der Waals surface area contributed by atoms with Gasteiger partial charge in [0.1, 0.15) is 6.54 Å². The van der Waals surface area contributed by atoms with Crippen LogP contribution in [-0.2, 0) is 11.3 Å². The zero-order chi connectivity index (χ0) is 13.7. The second-order valence-electron chi connectivity index (χ2n) is 3.71. The van der Waals surface area contributed by atoms with E-state index in [0.717, 1.165) is 0 Å². The summed E-state index contributed by atoms with van der Waals surface area (Å²) in [6.45, 7) is 1.87. The Balaban J connectivity index is 2.83. The predicted octanol–water partition coefficient (Wildman–Crippen LogP) is 0.531. The predicted molar refractivity (Wildman–Crippen MR) is 70.8 cm³/mol. The van der Waals surface area contributed by atoms with Gasteiger partial charge in [0.15, 0.2) is 0 Å². The van der Waals surface area contributed by atoms with Crippen LogP contribution in [0.4, 0.5) is 5.69 Å². The molecule has 1 amide bonds. The molecule has 1 rings (SSSR count). The number of halogens is 1. The van der Waals surface area contributed by atoms with E-state index in [1.807, 2.05) is 6.07 Å². The Morgan fingerprint density at radius 2 is 2.33 bits per heavy atom. The number of nitrogens with one attached hydrogen (secondary N) is 1. The van der Waals surface area contributed by atoms with Gasteiger partial charge in [-0.15, -0.1) is 0 Å². The molecule has 3 N–H and O–H groups in total. The van der Waals surface area contributed by atoms with Crippen molar-refractivity contribution in [1.82, 2.24) is 9.88 Å². The monoisotopic (exact) mass is 312 g/mol. The average molecular weight is 313 g/mol. The van der Waals surface area contributed by atoms with Gasteiger partial charge in [0.25, 0.3) is 5.56 Å². The van der Waals surface area contributed by atoms with E-state index >= 15 is 0 Å². The van der Waals surface area contributed by atoms with Crippen LogP contribution in [0.1, 0.15) is 12.0 Å². The van der Waals surface area contributed by atoms with E-state index < -0.39 is 0 Å². The zero-order valence-electron chi connectivity index (χ0n) is 9.86. The summed E-state index contributed by atoms with van der Waals surface area (Å²) in [5.41, 5.74) is 6.51. The van der Waals surface area contributed by atoms with Gasteiger partial charge >= 0.3 is 0 Å². The number of carbonyl (C=O) groups is 1. The fraction of sp³-hybridized carbons (Fsp3) is 0.364. The number of aromatic nitrogens is 1. The summed E-state index contributed by atoms with van der Waals surface area (Å²) in [6.07, 6.45) is 1.67. The highest BCUT2D eigenvalue weighted by atomic mass is 79.9. The number of rotatable bonds is 4. The van der Waals surface area contributed by atoms with Gasteiger partial charge in [0.05, 0.1) is 22.7 Å². The normalized spacial score (nSPS) is 9.83. The number of anilines is 1. The molecule has 0 saturated carbocycles. The molecule has 0 aliphatic carbocycles. The molecule has 0 aliphatic rings. The fourth-order valence-electron chi connectivity index (χ4n) is 1.32. The maximum atomic E-state index is 11.8. The smallest absolute Gasteiger partial charge is 0.265 e. The van der Waals surface area contributed by atoms with Crippen molar-refractivity contribution in [3.05, 3.63) is 26.6 Å². The Bertz CT molecular complexity index is 559. The molecular weight excluding hydrogens is 300 g/mol. The number of hydrogen-bond donors (Lipinski definition) is 2. The molecule has 18 heavy (non-hydrogen) atoms. The van der Waals surface area contributed by atoms with Crippen molar-refractivity contribution in [2.75, 3.05) is 12.3 Å². The van der Waals surface area contributed by atoms with Crippen molar-refractivity contribution in [2.45, 2.75) is 19.9 Å². The molecule has 0 atom stereocenters. The molecule has 96 valence electrons. The lowest BCUT2D eigenvalue weighted by Crippen LogP contribution is -2.33. The quantitative estimate of drug-likeness (QED) is 0.792. The average Bonchev–Trinajstić information content (AvgIpc) is 2.33. The van der Waals surface area contributed by atoms with Crippen molar-refractivity contribution < 1.29 is 4.79 Å². The highest BCUT2D eigenvalue weighted by Crippen LogP contribution is 2.16. The van der Waals surface area contributed by atoms with E-state index in [9.17, 15) is 9.59 Å². The van der Waals surface area contributed by atoms with Crippen LogP contribution < -0.4 is 16.6 Å². The molecule has 1 aromatic rings. The Kier molecular flexibility index (Phi) is 4.92. The number of carbonyl (C=O) groups excluding carboxylic acids is 1. The highest BCUT2D eigenvalue weighted by Gasteiger charge is 2.10. The van der Waals surface area contributed by atoms with Gasteiger partial charge in [0.2, 0.25) is 5.91 Å². The van der Waals surface area contributed by atoms with E-state index in [-0.39, 0.29) is 31.0 Å². The highest BCUT2D eigenvalue weighted by molar-refractivity contribution is 9.10. The van der Waals surface area contributed by atoms with E-state index in [2.05, 4.69) is 21.2 Å². The van der Waals surface area contributed by atoms with Crippen LogP contribution in [0.5, 0.6) is 0 Å². The van der Waals surface area contributed by atoms with E-state index in [4.69, 9.17) is 11.0 Å². The molecule has 6 nitrogen and oxygen atoms in total. The van der Waals surface area contributed by atoms with Crippen molar-refractivity contribution in [3.8, 4) is 6.07 Å². The maximum absolute atomic E-state index is 11.8. The Morgan fingerprint density at radius 1 is 1.67 bits per heavy atom. The molecule has 0 bridgehead atoms. The van der Waals surface area contributed by atoms with Crippen LogP contribution in [0.15, 0.2) is 15.5 Å². The van der Waals surface area contributed by atoms with Crippen LogP contribution in [0.3, 0.4) is 0 Å². The lowest BCUT2D eigenvalue weighted by atomic mass is 10.2. The van der Waals surface area contributed by atoms with Gasteiger partial charge in [-0.1, -0.05) is 0 Å². The number of pyridine rings is 1. The third-order valence-corrected chi connectivity index (χ3v) is 3.31. The number of nitrogens with two attached hydrogens (primary N) is 1. The topological polar surface area (TPSA) is 101 Å². The van der Waals surface area contributed by atoms with Gasteiger partial charge in [-0.05, 0) is 28.4 Å². The lowest BCUT2D eigenvalue weighted by Gasteiger charge is -2.10. The van der Waals surface area contributed by atoms with Crippen LogP contribution in [0, 0.1) is 18.3 Å². The zero-order valence-corrected chi connectivity index (χ0v) is 11.5. The molecule has 0 unspecified atom stereocenters. The third kappa shape index (κ3) is 3.34. The molecule has 1 aromatic heterocycles.